The second kappa shape index (κ2) is 7.09. The Labute approximate surface area is 98.2 Å². The molecule has 0 amide bonds. The van der Waals surface area contributed by atoms with Crippen molar-refractivity contribution >= 4 is 12.2 Å². The van der Waals surface area contributed by atoms with E-state index in [0.29, 0.717) is 6.42 Å². The molecule has 0 rings (SSSR count). The van der Waals surface area contributed by atoms with Gasteiger partial charge >= 0.3 is 12.1 Å². The predicted molar refractivity (Wildman–Crippen MR) is 57.9 cm³/mol. The van der Waals surface area contributed by atoms with Crippen molar-refractivity contribution in [3.63, 3.8) is 0 Å². The van der Waals surface area contributed by atoms with Gasteiger partial charge in [0.25, 0.3) is 0 Å². The van der Waals surface area contributed by atoms with Crippen LogP contribution in [-0.4, -0.2) is 25.0 Å². The molecule has 0 saturated carbocycles. The second-order valence-corrected chi connectivity index (χ2v) is 3.65. The Morgan fingerprint density at radius 2 is 2.06 bits per heavy atom. The van der Waals surface area contributed by atoms with Gasteiger partial charge in [-0.25, -0.2) is 0 Å². The van der Waals surface area contributed by atoms with Gasteiger partial charge in [0, 0.05) is 5.92 Å². The normalized spacial score (nSPS) is 15.6. The van der Waals surface area contributed by atoms with Gasteiger partial charge in [-0.2, -0.15) is 13.2 Å². The van der Waals surface area contributed by atoms with E-state index >= 15 is 0 Å². The molecule has 1 N–H and O–H groups in total. The van der Waals surface area contributed by atoms with Gasteiger partial charge in [0.1, 0.15) is 0 Å². The Balaban J connectivity index is 4.31. The lowest BCUT2D eigenvalue weighted by atomic mass is 9.92. The van der Waals surface area contributed by atoms with Crippen LogP contribution >= 0.6 is 0 Å². The Morgan fingerprint density at radius 1 is 1.47 bits per heavy atom. The summed E-state index contributed by atoms with van der Waals surface area (Å²) < 4.78 is 39.6. The highest BCUT2D eigenvalue weighted by Gasteiger charge is 2.31. The lowest BCUT2D eigenvalue weighted by molar-refractivity contribution is -0.189. The first-order valence-corrected chi connectivity index (χ1v) is 5.17. The van der Waals surface area contributed by atoms with Crippen LogP contribution in [0.15, 0.2) is 12.2 Å². The second-order valence-electron chi connectivity index (χ2n) is 3.65. The van der Waals surface area contributed by atoms with Gasteiger partial charge in [0.2, 0.25) is 0 Å². The highest BCUT2D eigenvalue weighted by atomic mass is 19.4. The van der Waals surface area contributed by atoms with Gasteiger partial charge < -0.3 is 10.1 Å². The fraction of sp³-hybridized carbons (Fsp3) is 0.636. The summed E-state index contributed by atoms with van der Waals surface area (Å²) in [5.74, 6) is -2.13. The molecular formula is C11H16F3NO2. The topological polar surface area (TPSA) is 50.2 Å². The third-order valence-corrected chi connectivity index (χ3v) is 2.25. The van der Waals surface area contributed by atoms with E-state index < -0.39 is 30.6 Å². The molecule has 0 aromatic rings. The first kappa shape index (κ1) is 15.7. The first-order chi connectivity index (χ1) is 7.81. The molecular weight excluding hydrogens is 235 g/mol. The minimum absolute atomic E-state index is 0.433. The molecule has 6 heteroatoms. The van der Waals surface area contributed by atoms with Gasteiger partial charge in [0.15, 0.2) is 6.61 Å². The fourth-order valence-electron chi connectivity index (χ4n) is 1.17. The third kappa shape index (κ3) is 6.76. The fourth-order valence-corrected chi connectivity index (χ4v) is 1.17. The van der Waals surface area contributed by atoms with Crippen LogP contribution in [0.1, 0.15) is 20.3 Å². The molecule has 0 aliphatic rings. The van der Waals surface area contributed by atoms with Crippen molar-refractivity contribution in [3.05, 3.63) is 12.2 Å². The van der Waals surface area contributed by atoms with E-state index in [4.69, 9.17) is 5.41 Å². The molecule has 3 nitrogen and oxygen atoms in total. The average Bonchev–Trinajstić information content (AvgIpc) is 2.25. The number of carbonyl (C=O) groups is 1. The molecule has 0 aromatic carbocycles. The van der Waals surface area contributed by atoms with Gasteiger partial charge in [-0.05, 0) is 19.6 Å². The highest BCUT2D eigenvalue weighted by Crippen LogP contribution is 2.19. The Morgan fingerprint density at radius 3 is 2.47 bits per heavy atom. The summed E-state index contributed by atoms with van der Waals surface area (Å²) in [6.45, 7) is 1.66. The van der Waals surface area contributed by atoms with E-state index in [1.807, 2.05) is 0 Å². The molecule has 0 bridgehead atoms. The molecule has 17 heavy (non-hydrogen) atoms. The number of ether oxygens (including phenoxy) is 1. The number of alkyl halides is 3. The zero-order chi connectivity index (χ0) is 13.5. The van der Waals surface area contributed by atoms with E-state index in [1.54, 1.807) is 19.1 Å². The maximum Gasteiger partial charge on any atom is 0.422 e. The molecule has 0 spiro atoms. The molecule has 0 aliphatic carbocycles. The van der Waals surface area contributed by atoms with E-state index in [0.717, 1.165) is 6.21 Å². The van der Waals surface area contributed by atoms with Crippen molar-refractivity contribution in [2.24, 2.45) is 11.8 Å². The summed E-state index contributed by atoms with van der Waals surface area (Å²) in [5.41, 5.74) is 0. The number of hydrogen-bond acceptors (Lipinski definition) is 3. The van der Waals surface area contributed by atoms with Crippen LogP contribution in [0.4, 0.5) is 13.2 Å². The number of esters is 1. The number of hydrogen-bond donors (Lipinski definition) is 1. The van der Waals surface area contributed by atoms with E-state index in [-0.39, 0.29) is 0 Å². The maximum atomic E-state index is 11.8. The van der Waals surface area contributed by atoms with Gasteiger partial charge in [-0.3, -0.25) is 4.79 Å². The zero-order valence-electron chi connectivity index (χ0n) is 9.75. The number of carbonyl (C=O) groups excluding carboxylic acids is 1. The van der Waals surface area contributed by atoms with Crippen LogP contribution < -0.4 is 0 Å². The summed E-state index contributed by atoms with van der Waals surface area (Å²) in [7, 11) is 0. The number of allylic oxidation sites excluding steroid dienone is 2. The molecule has 2 unspecified atom stereocenters. The van der Waals surface area contributed by atoms with Crippen LogP contribution in [-0.2, 0) is 9.53 Å². The van der Waals surface area contributed by atoms with Crippen molar-refractivity contribution in [2.45, 2.75) is 26.4 Å². The zero-order valence-corrected chi connectivity index (χ0v) is 9.75. The molecule has 0 fully saturated rings. The Bertz CT molecular complexity index is 287. The molecule has 0 heterocycles. The lowest BCUT2D eigenvalue weighted by Gasteiger charge is -2.17. The monoisotopic (exact) mass is 251 g/mol. The Kier molecular flexibility index (Phi) is 6.53. The number of rotatable bonds is 6. The van der Waals surface area contributed by atoms with Crippen LogP contribution in [0.25, 0.3) is 0 Å². The first-order valence-electron chi connectivity index (χ1n) is 5.17. The molecule has 0 aliphatic heterocycles. The largest absolute Gasteiger partial charge is 0.456 e. The lowest BCUT2D eigenvalue weighted by Crippen LogP contribution is -2.28. The summed E-state index contributed by atoms with van der Waals surface area (Å²) in [4.78, 5) is 11.3. The smallest absolute Gasteiger partial charge is 0.422 e. The average molecular weight is 251 g/mol. The predicted octanol–water partition coefficient (Wildman–Crippen LogP) is 2.96. The van der Waals surface area contributed by atoms with Crippen molar-refractivity contribution in [3.8, 4) is 0 Å². The van der Waals surface area contributed by atoms with Crippen molar-refractivity contribution < 1.29 is 22.7 Å². The standard InChI is InChI=1S/C11H16F3NO2/c1-3-4-5-9(6-15)8(2)10(16)17-7-11(12,13)14/h3-4,6,8-9,15H,5,7H2,1-2H3/b4-3-,15-6?. The van der Waals surface area contributed by atoms with E-state index in [2.05, 4.69) is 4.74 Å². The molecule has 0 aromatic heterocycles. The molecule has 98 valence electrons. The summed E-state index contributed by atoms with van der Waals surface area (Å²) in [6, 6.07) is 0. The van der Waals surface area contributed by atoms with Crippen molar-refractivity contribution in [2.75, 3.05) is 6.61 Å². The third-order valence-electron chi connectivity index (χ3n) is 2.25. The van der Waals surface area contributed by atoms with Gasteiger partial charge in [0.05, 0.1) is 5.92 Å². The summed E-state index contributed by atoms with van der Waals surface area (Å²) in [6.07, 6.45) is 0.480. The SMILES string of the molecule is C/C=C\CC(C=N)C(C)C(=O)OCC(F)(F)F. The molecule has 2 atom stereocenters. The minimum atomic E-state index is -4.52. The highest BCUT2D eigenvalue weighted by molar-refractivity contribution is 5.77. The van der Waals surface area contributed by atoms with Gasteiger partial charge in [-0.1, -0.05) is 19.1 Å². The number of halogens is 3. The number of nitrogens with one attached hydrogen (secondary N) is 1. The van der Waals surface area contributed by atoms with E-state index in [9.17, 15) is 18.0 Å². The van der Waals surface area contributed by atoms with Crippen molar-refractivity contribution in [1.29, 1.82) is 5.41 Å². The summed E-state index contributed by atoms with van der Waals surface area (Å²) >= 11 is 0. The minimum Gasteiger partial charge on any atom is -0.456 e. The van der Waals surface area contributed by atoms with Crippen LogP contribution in [0, 0.1) is 17.2 Å². The van der Waals surface area contributed by atoms with E-state index in [1.165, 1.54) is 6.92 Å². The molecule has 0 radical (unpaired) electrons. The molecule has 0 saturated heterocycles. The van der Waals surface area contributed by atoms with Crippen LogP contribution in [0.5, 0.6) is 0 Å². The van der Waals surface area contributed by atoms with Crippen LogP contribution in [0.3, 0.4) is 0 Å². The Hall–Kier alpha value is -1.33. The quantitative estimate of drug-likeness (QED) is 0.448. The van der Waals surface area contributed by atoms with Crippen molar-refractivity contribution in [1.82, 2.24) is 0 Å². The maximum absolute atomic E-state index is 11.8. The van der Waals surface area contributed by atoms with Gasteiger partial charge in [-0.15, -0.1) is 0 Å². The van der Waals surface area contributed by atoms with Crippen LogP contribution in [0.2, 0.25) is 0 Å². The summed E-state index contributed by atoms with van der Waals surface area (Å²) in [5, 5.41) is 7.13.